The second kappa shape index (κ2) is 11.5. The summed E-state index contributed by atoms with van der Waals surface area (Å²) in [6, 6.07) is 22.4. The fourth-order valence-electron chi connectivity index (χ4n) is 4.75. The number of hydrogen-bond acceptors (Lipinski definition) is 5. The molecule has 3 aromatic carbocycles. The Balaban J connectivity index is 1.21. The Labute approximate surface area is 225 Å². The van der Waals surface area contributed by atoms with Crippen molar-refractivity contribution in [2.45, 2.75) is 25.6 Å². The van der Waals surface area contributed by atoms with Crippen LogP contribution in [-0.4, -0.2) is 51.7 Å². The summed E-state index contributed by atoms with van der Waals surface area (Å²) in [7, 11) is 0. The molecule has 1 aliphatic rings. The van der Waals surface area contributed by atoms with Gasteiger partial charge >= 0.3 is 0 Å². The average molecular weight is 530 g/mol. The first-order valence-electron chi connectivity index (χ1n) is 12.4. The van der Waals surface area contributed by atoms with Crippen LogP contribution < -0.4 is 10.7 Å². The third-order valence-electron chi connectivity index (χ3n) is 6.60. The second-order valence-electron chi connectivity index (χ2n) is 9.37. The molecule has 4 aromatic rings. The predicted molar refractivity (Wildman–Crippen MR) is 148 cm³/mol. The number of halogens is 1. The van der Waals surface area contributed by atoms with Gasteiger partial charge in [0.25, 0.3) is 5.91 Å². The Hall–Kier alpha value is -4.14. The Kier molecular flexibility index (Phi) is 7.72. The molecule has 1 saturated heterocycles. The molecule has 5 rings (SSSR count). The normalized spacial score (nSPS) is 15.8. The molecule has 1 atom stereocenters. The van der Waals surface area contributed by atoms with Gasteiger partial charge < -0.3 is 15.0 Å². The van der Waals surface area contributed by atoms with Crippen molar-refractivity contribution in [2.24, 2.45) is 5.10 Å². The number of carbonyl (C=O) groups excluding carboxylic acids is 2. The molecular formula is C29H28ClN5O3. The third-order valence-corrected chi connectivity index (χ3v) is 6.90. The number of carbonyl (C=O) groups is 2. The van der Waals surface area contributed by atoms with Crippen LogP contribution in [0.4, 0.5) is 0 Å². The lowest BCUT2D eigenvalue weighted by atomic mass is 10.2. The number of nitrogens with one attached hydrogen (secondary N) is 2. The summed E-state index contributed by atoms with van der Waals surface area (Å²) in [4.78, 5) is 27.7. The monoisotopic (exact) mass is 529 g/mol. The van der Waals surface area contributed by atoms with Gasteiger partial charge in [0.15, 0.2) is 0 Å². The van der Waals surface area contributed by atoms with Gasteiger partial charge in [-0.2, -0.15) is 5.10 Å². The van der Waals surface area contributed by atoms with Crippen LogP contribution in [0.25, 0.3) is 10.9 Å². The van der Waals surface area contributed by atoms with Crippen molar-refractivity contribution in [3.8, 4) is 5.75 Å². The number of hydrogen-bond donors (Lipinski definition) is 3. The fraction of sp³-hybridized carbons (Fsp3) is 0.207. The summed E-state index contributed by atoms with van der Waals surface area (Å²) in [5.74, 6) is -0.594. The van der Waals surface area contributed by atoms with E-state index >= 15 is 0 Å². The van der Waals surface area contributed by atoms with Gasteiger partial charge in [-0.25, -0.2) is 5.43 Å². The van der Waals surface area contributed by atoms with E-state index in [0.29, 0.717) is 0 Å². The molecule has 0 saturated carbocycles. The maximum absolute atomic E-state index is 12.9. The van der Waals surface area contributed by atoms with Crippen molar-refractivity contribution >= 4 is 40.5 Å². The zero-order chi connectivity index (χ0) is 26.5. The number of aromatic hydroxyl groups is 1. The minimum absolute atomic E-state index is 0.0432. The highest BCUT2D eigenvalue weighted by molar-refractivity contribution is 6.32. The maximum atomic E-state index is 12.9. The number of phenols is 1. The number of likely N-dealkylation sites (tertiary alicyclic amines) is 1. The number of rotatable bonds is 8. The Morgan fingerprint density at radius 1 is 1.08 bits per heavy atom. The molecule has 1 aromatic heterocycles. The fourth-order valence-corrected chi connectivity index (χ4v) is 4.93. The number of para-hydroxylation sites is 1. The van der Waals surface area contributed by atoms with E-state index in [4.69, 9.17) is 11.6 Å². The second-order valence-corrected chi connectivity index (χ2v) is 9.78. The minimum atomic E-state index is -0.455. The quantitative estimate of drug-likeness (QED) is 0.236. The van der Waals surface area contributed by atoms with Crippen LogP contribution in [0.2, 0.25) is 5.02 Å². The van der Waals surface area contributed by atoms with Gasteiger partial charge in [-0.1, -0.05) is 60.1 Å². The summed E-state index contributed by atoms with van der Waals surface area (Å²) < 4.78 is 1.89. The van der Waals surface area contributed by atoms with Gasteiger partial charge in [0.2, 0.25) is 5.91 Å². The lowest BCUT2D eigenvalue weighted by Gasteiger charge is -2.17. The van der Waals surface area contributed by atoms with Crippen molar-refractivity contribution in [2.75, 3.05) is 13.1 Å². The van der Waals surface area contributed by atoms with E-state index in [0.717, 1.165) is 42.5 Å². The number of fused-ring (bicyclic) bond motifs is 1. The maximum Gasteiger partial charge on any atom is 0.271 e. The number of aromatic nitrogens is 1. The number of amides is 2. The first kappa shape index (κ1) is 25.5. The van der Waals surface area contributed by atoms with Crippen LogP contribution in [0.15, 0.2) is 84.1 Å². The zero-order valence-electron chi connectivity index (χ0n) is 20.7. The van der Waals surface area contributed by atoms with Gasteiger partial charge in [-0.3, -0.25) is 14.5 Å². The van der Waals surface area contributed by atoms with Crippen molar-refractivity contribution in [3.63, 3.8) is 0 Å². The number of phenolic OH excluding ortho intramolecular Hbond substituents is 1. The van der Waals surface area contributed by atoms with Crippen LogP contribution >= 0.6 is 11.6 Å². The first-order valence-corrected chi connectivity index (χ1v) is 12.8. The van der Waals surface area contributed by atoms with E-state index in [-0.39, 0.29) is 34.8 Å². The molecule has 0 radical (unpaired) electrons. The number of hydrazone groups is 1. The van der Waals surface area contributed by atoms with Crippen molar-refractivity contribution in [3.05, 3.63) is 101 Å². The Morgan fingerprint density at radius 2 is 1.87 bits per heavy atom. The molecule has 1 unspecified atom stereocenters. The van der Waals surface area contributed by atoms with Crippen LogP contribution in [0, 0.1) is 0 Å². The lowest BCUT2D eigenvalue weighted by Crippen LogP contribution is -2.38. The van der Waals surface area contributed by atoms with Gasteiger partial charge in [-0.15, -0.1) is 0 Å². The van der Waals surface area contributed by atoms with Crippen LogP contribution in [-0.2, 0) is 17.9 Å². The third kappa shape index (κ3) is 6.04. The highest BCUT2D eigenvalue weighted by Gasteiger charge is 2.24. The largest absolute Gasteiger partial charge is 0.506 e. The van der Waals surface area contributed by atoms with Gasteiger partial charge in [-0.05, 0) is 36.2 Å². The van der Waals surface area contributed by atoms with Crippen molar-refractivity contribution in [1.82, 2.24) is 20.2 Å². The average Bonchev–Trinajstić information content (AvgIpc) is 3.50. The van der Waals surface area contributed by atoms with E-state index in [1.165, 1.54) is 23.8 Å². The van der Waals surface area contributed by atoms with E-state index in [2.05, 4.69) is 32.9 Å². The molecule has 2 amide bonds. The molecule has 194 valence electrons. The number of nitrogens with zero attached hydrogens (tertiary/aromatic N) is 3. The molecule has 3 N–H and O–H groups in total. The molecule has 8 nitrogen and oxygen atoms in total. The highest BCUT2D eigenvalue weighted by atomic mass is 35.5. The topological polar surface area (TPSA) is 99.0 Å². The Bertz CT molecular complexity index is 1480. The molecule has 1 aliphatic heterocycles. The van der Waals surface area contributed by atoms with E-state index < -0.39 is 5.91 Å². The van der Waals surface area contributed by atoms with Crippen LogP contribution in [0.1, 0.15) is 27.9 Å². The summed E-state index contributed by atoms with van der Waals surface area (Å²) >= 11 is 5.88. The van der Waals surface area contributed by atoms with Crippen molar-refractivity contribution < 1.29 is 14.7 Å². The molecule has 9 heteroatoms. The predicted octanol–water partition coefficient (Wildman–Crippen LogP) is 4.15. The van der Waals surface area contributed by atoms with Crippen LogP contribution in [0.5, 0.6) is 5.75 Å². The lowest BCUT2D eigenvalue weighted by molar-refractivity contribution is -0.122. The summed E-state index contributed by atoms with van der Waals surface area (Å²) in [5.41, 5.74) is 5.70. The minimum Gasteiger partial charge on any atom is -0.506 e. The number of benzene rings is 3. The van der Waals surface area contributed by atoms with E-state index in [1.54, 1.807) is 6.21 Å². The molecular weight excluding hydrogens is 502 g/mol. The zero-order valence-corrected chi connectivity index (χ0v) is 21.4. The van der Waals surface area contributed by atoms with E-state index in [1.807, 2.05) is 53.2 Å². The van der Waals surface area contributed by atoms with E-state index in [9.17, 15) is 14.7 Å². The summed E-state index contributed by atoms with van der Waals surface area (Å²) in [6.07, 6.45) is 4.33. The Morgan fingerprint density at radius 3 is 2.68 bits per heavy atom. The van der Waals surface area contributed by atoms with Gasteiger partial charge in [0, 0.05) is 53.9 Å². The molecule has 0 bridgehead atoms. The van der Waals surface area contributed by atoms with Crippen LogP contribution in [0.3, 0.4) is 0 Å². The first-order chi connectivity index (χ1) is 18.5. The molecule has 0 spiro atoms. The molecule has 38 heavy (non-hydrogen) atoms. The smallest absolute Gasteiger partial charge is 0.271 e. The van der Waals surface area contributed by atoms with Gasteiger partial charge in [0.1, 0.15) is 12.3 Å². The van der Waals surface area contributed by atoms with Crippen molar-refractivity contribution in [1.29, 1.82) is 0 Å². The summed E-state index contributed by atoms with van der Waals surface area (Å²) in [5, 5.41) is 17.8. The molecule has 1 fully saturated rings. The summed E-state index contributed by atoms with van der Waals surface area (Å²) in [6.45, 7) is 2.85. The highest BCUT2D eigenvalue weighted by Crippen LogP contribution is 2.24. The molecule has 2 heterocycles. The standard InChI is InChI=1S/C29H28ClN5O3/c30-25-14-21(10-11-27(25)36)29(38)33-31-15-22-17-35(26-9-5-4-8-24(22)26)19-28(37)32-23-12-13-34(18-23)16-20-6-2-1-3-7-20/h1-11,14-15,17,23,36H,12-13,16,18-19H2,(H,32,37)(H,33,38)/b31-15+. The van der Waals surface area contributed by atoms with Gasteiger partial charge in [0.05, 0.1) is 11.2 Å². The molecule has 0 aliphatic carbocycles. The SMILES string of the molecule is O=C(Cn1cc(/C=N/NC(=O)c2ccc(O)c(Cl)c2)c2ccccc21)NC1CCN(Cc2ccccc2)C1.